The zero-order chi connectivity index (χ0) is 23.5. The SMILES string of the molecule is COC(=O)[C@H](Cc1ccccc1C)NC(=O)[C@H](CC(C)C)NC(=O)OCc1ccccc1. The van der Waals surface area contributed by atoms with Gasteiger partial charge in [-0.05, 0) is 36.0 Å². The average Bonchev–Trinajstić information content (AvgIpc) is 2.78. The van der Waals surface area contributed by atoms with Crippen LogP contribution in [0, 0.1) is 12.8 Å². The summed E-state index contributed by atoms with van der Waals surface area (Å²) < 4.78 is 10.1. The highest BCUT2D eigenvalue weighted by Crippen LogP contribution is 2.12. The van der Waals surface area contributed by atoms with E-state index in [0.717, 1.165) is 16.7 Å². The fourth-order valence-electron chi connectivity index (χ4n) is 3.28. The monoisotopic (exact) mass is 440 g/mol. The lowest BCUT2D eigenvalue weighted by Gasteiger charge is -2.23. The van der Waals surface area contributed by atoms with Crippen LogP contribution in [0.1, 0.15) is 37.0 Å². The van der Waals surface area contributed by atoms with E-state index in [-0.39, 0.29) is 18.9 Å². The lowest BCUT2D eigenvalue weighted by Crippen LogP contribution is -2.53. The Hall–Kier alpha value is -3.35. The first kappa shape index (κ1) is 24.9. The molecule has 2 aromatic rings. The number of aryl methyl sites for hydroxylation is 1. The highest BCUT2D eigenvalue weighted by Gasteiger charge is 2.28. The van der Waals surface area contributed by atoms with E-state index in [1.165, 1.54) is 7.11 Å². The van der Waals surface area contributed by atoms with Gasteiger partial charge >= 0.3 is 12.1 Å². The summed E-state index contributed by atoms with van der Waals surface area (Å²) >= 11 is 0. The molecule has 0 unspecified atom stereocenters. The summed E-state index contributed by atoms with van der Waals surface area (Å²) in [5.41, 5.74) is 2.78. The first-order chi connectivity index (χ1) is 15.3. The smallest absolute Gasteiger partial charge is 0.408 e. The molecule has 7 heteroatoms. The third kappa shape index (κ3) is 8.06. The molecule has 0 radical (unpaired) electrons. The van der Waals surface area contributed by atoms with Crippen LogP contribution in [-0.4, -0.2) is 37.2 Å². The van der Waals surface area contributed by atoms with E-state index in [1.807, 2.05) is 75.4 Å². The molecule has 2 amide bonds. The number of benzene rings is 2. The van der Waals surface area contributed by atoms with Crippen molar-refractivity contribution in [3.63, 3.8) is 0 Å². The third-order valence-electron chi connectivity index (χ3n) is 5.02. The molecule has 0 saturated carbocycles. The van der Waals surface area contributed by atoms with Crippen LogP contribution in [0.4, 0.5) is 4.79 Å². The fraction of sp³-hybridized carbons (Fsp3) is 0.400. The molecule has 0 fully saturated rings. The summed E-state index contributed by atoms with van der Waals surface area (Å²) in [6, 6.07) is 15.2. The van der Waals surface area contributed by atoms with Crippen LogP contribution in [-0.2, 0) is 32.1 Å². The Morgan fingerprint density at radius 3 is 2.19 bits per heavy atom. The maximum atomic E-state index is 13.0. The maximum absolute atomic E-state index is 13.0. The van der Waals surface area contributed by atoms with E-state index < -0.39 is 30.1 Å². The molecular weight excluding hydrogens is 408 g/mol. The van der Waals surface area contributed by atoms with E-state index >= 15 is 0 Å². The van der Waals surface area contributed by atoms with Crippen molar-refractivity contribution in [3.05, 3.63) is 71.3 Å². The summed E-state index contributed by atoms with van der Waals surface area (Å²) in [5, 5.41) is 5.37. The van der Waals surface area contributed by atoms with E-state index in [4.69, 9.17) is 9.47 Å². The summed E-state index contributed by atoms with van der Waals surface area (Å²) in [6.45, 7) is 5.93. The van der Waals surface area contributed by atoms with Gasteiger partial charge < -0.3 is 20.1 Å². The molecule has 0 bridgehead atoms. The maximum Gasteiger partial charge on any atom is 0.408 e. The molecule has 2 aromatic carbocycles. The van der Waals surface area contributed by atoms with Crippen molar-refractivity contribution in [2.75, 3.05) is 7.11 Å². The molecular formula is C25H32N2O5. The molecule has 0 aromatic heterocycles. The van der Waals surface area contributed by atoms with Gasteiger partial charge in [-0.3, -0.25) is 4.79 Å². The standard InChI is InChI=1S/C25H32N2O5/c1-17(2)14-21(27-25(30)32-16-19-11-6-5-7-12-19)23(28)26-22(24(29)31-4)15-20-13-9-8-10-18(20)3/h5-13,17,21-22H,14-16H2,1-4H3,(H,26,28)(H,27,30)/t21-,22-/m0/s1. The molecule has 2 atom stereocenters. The van der Waals surface area contributed by atoms with Crippen molar-refractivity contribution in [1.82, 2.24) is 10.6 Å². The van der Waals surface area contributed by atoms with Gasteiger partial charge in [-0.1, -0.05) is 68.4 Å². The molecule has 2 N–H and O–H groups in total. The molecule has 0 heterocycles. The van der Waals surface area contributed by atoms with E-state index in [9.17, 15) is 14.4 Å². The molecule has 0 saturated heterocycles. The Morgan fingerprint density at radius 2 is 1.56 bits per heavy atom. The normalized spacial score (nSPS) is 12.5. The van der Waals surface area contributed by atoms with Crippen LogP contribution in [0.25, 0.3) is 0 Å². The fourth-order valence-corrected chi connectivity index (χ4v) is 3.28. The van der Waals surface area contributed by atoms with Gasteiger partial charge in [0.1, 0.15) is 18.7 Å². The number of methoxy groups -OCH3 is 1. The number of carbonyl (C=O) groups excluding carboxylic acids is 3. The Kier molecular flexibility index (Phi) is 9.73. The van der Waals surface area contributed by atoms with Crippen molar-refractivity contribution in [3.8, 4) is 0 Å². The van der Waals surface area contributed by atoms with Crippen molar-refractivity contribution >= 4 is 18.0 Å². The predicted molar refractivity (Wildman–Crippen MR) is 122 cm³/mol. The Balaban J connectivity index is 2.05. The summed E-state index contributed by atoms with van der Waals surface area (Å²) in [7, 11) is 1.28. The zero-order valence-corrected chi connectivity index (χ0v) is 19.1. The van der Waals surface area contributed by atoms with Crippen LogP contribution in [0.15, 0.2) is 54.6 Å². The Labute approximate surface area is 189 Å². The highest BCUT2D eigenvalue weighted by atomic mass is 16.5. The van der Waals surface area contributed by atoms with Gasteiger partial charge in [0, 0.05) is 6.42 Å². The number of rotatable bonds is 10. The first-order valence-electron chi connectivity index (χ1n) is 10.7. The topological polar surface area (TPSA) is 93.7 Å². The number of nitrogens with one attached hydrogen (secondary N) is 2. The first-order valence-corrected chi connectivity index (χ1v) is 10.7. The van der Waals surface area contributed by atoms with Crippen LogP contribution >= 0.6 is 0 Å². The Bertz CT molecular complexity index is 898. The minimum atomic E-state index is -0.870. The van der Waals surface area contributed by atoms with Crippen molar-refractivity contribution in [2.45, 2.75) is 52.3 Å². The second-order valence-corrected chi connectivity index (χ2v) is 8.10. The van der Waals surface area contributed by atoms with E-state index in [0.29, 0.717) is 6.42 Å². The summed E-state index contributed by atoms with van der Waals surface area (Å²) in [4.78, 5) is 37.7. The van der Waals surface area contributed by atoms with Gasteiger partial charge in [0.05, 0.1) is 7.11 Å². The number of hydrogen-bond donors (Lipinski definition) is 2. The van der Waals surface area contributed by atoms with Crippen molar-refractivity contribution < 1.29 is 23.9 Å². The van der Waals surface area contributed by atoms with Crippen LogP contribution in [0.2, 0.25) is 0 Å². The quantitative estimate of drug-likeness (QED) is 0.551. The van der Waals surface area contributed by atoms with Gasteiger partial charge in [0.2, 0.25) is 5.91 Å². The number of carbonyl (C=O) groups is 3. The average molecular weight is 441 g/mol. The lowest BCUT2D eigenvalue weighted by molar-refractivity contribution is -0.145. The molecule has 7 nitrogen and oxygen atoms in total. The number of alkyl carbamates (subject to hydrolysis) is 1. The Morgan fingerprint density at radius 1 is 0.906 bits per heavy atom. The van der Waals surface area contributed by atoms with Gasteiger partial charge in [0.25, 0.3) is 0 Å². The molecule has 172 valence electrons. The van der Waals surface area contributed by atoms with Crippen molar-refractivity contribution in [2.24, 2.45) is 5.92 Å². The van der Waals surface area contributed by atoms with Crippen molar-refractivity contribution in [1.29, 1.82) is 0 Å². The number of hydrogen-bond acceptors (Lipinski definition) is 5. The second kappa shape index (κ2) is 12.5. The molecule has 0 aliphatic rings. The van der Waals surface area contributed by atoms with Gasteiger partial charge in [-0.25, -0.2) is 9.59 Å². The number of ether oxygens (including phenoxy) is 2. The summed E-state index contributed by atoms with van der Waals surface area (Å²) in [6.07, 6.45) is -0.00850. The van der Waals surface area contributed by atoms with Gasteiger partial charge in [-0.2, -0.15) is 0 Å². The number of amides is 2. The van der Waals surface area contributed by atoms with Gasteiger partial charge in [0.15, 0.2) is 0 Å². The second-order valence-electron chi connectivity index (χ2n) is 8.10. The van der Waals surface area contributed by atoms with Crippen LogP contribution in [0.5, 0.6) is 0 Å². The minimum absolute atomic E-state index is 0.0980. The predicted octanol–water partition coefficient (Wildman–Crippen LogP) is 3.54. The van der Waals surface area contributed by atoms with E-state index in [2.05, 4.69) is 10.6 Å². The van der Waals surface area contributed by atoms with Crippen LogP contribution < -0.4 is 10.6 Å². The highest BCUT2D eigenvalue weighted by molar-refractivity contribution is 5.89. The molecule has 0 aliphatic heterocycles. The zero-order valence-electron chi connectivity index (χ0n) is 19.1. The molecule has 0 spiro atoms. The molecule has 32 heavy (non-hydrogen) atoms. The number of esters is 1. The minimum Gasteiger partial charge on any atom is -0.467 e. The largest absolute Gasteiger partial charge is 0.467 e. The van der Waals surface area contributed by atoms with Gasteiger partial charge in [-0.15, -0.1) is 0 Å². The third-order valence-corrected chi connectivity index (χ3v) is 5.02. The summed E-state index contributed by atoms with van der Waals surface area (Å²) in [5.74, 6) is -0.871. The van der Waals surface area contributed by atoms with Crippen LogP contribution in [0.3, 0.4) is 0 Å². The van der Waals surface area contributed by atoms with E-state index in [1.54, 1.807) is 0 Å². The molecule has 0 aliphatic carbocycles. The molecule has 2 rings (SSSR count). The lowest BCUT2D eigenvalue weighted by atomic mass is 9.99.